The van der Waals surface area contributed by atoms with Crippen LogP contribution in [0, 0.1) is 20.2 Å². The lowest BCUT2D eigenvalue weighted by Crippen LogP contribution is -2.48. The summed E-state index contributed by atoms with van der Waals surface area (Å²) in [5, 5.41) is 25.0. The maximum atomic E-state index is 12.2. The molecule has 146 valence electrons. The van der Waals surface area contributed by atoms with Crippen LogP contribution >= 0.6 is 0 Å². The van der Waals surface area contributed by atoms with Crippen LogP contribution in [0.3, 0.4) is 0 Å². The number of carbonyl (C=O) groups excluding carboxylic acids is 1. The normalized spacial score (nSPS) is 14.5. The van der Waals surface area contributed by atoms with Crippen LogP contribution in [0.2, 0.25) is 0 Å². The van der Waals surface area contributed by atoms with Gasteiger partial charge in [0, 0.05) is 37.9 Å². The number of nitro groups is 2. The first kappa shape index (κ1) is 19.2. The van der Waals surface area contributed by atoms with Gasteiger partial charge in [-0.1, -0.05) is 18.2 Å². The van der Waals surface area contributed by atoms with Gasteiger partial charge in [-0.05, 0) is 18.2 Å². The molecule has 0 radical (unpaired) electrons. The van der Waals surface area contributed by atoms with Crippen LogP contribution in [0.25, 0.3) is 0 Å². The van der Waals surface area contributed by atoms with Gasteiger partial charge in [-0.15, -0.1) is 0 Å². The summed E-state index contributed by atoms with van der Waals surface area (Å²) in [5.74, 6) is -0.124. The Labute approximate surface area is 160 Å². The predicted octanol–water partition coefficient (Wildman–Crippen LogP) is 2.26. The van der Waals surface area contributed by atoms with Crippen LogP contribution in [0.5, 0.6) is 0 Å². The van der Waals surface area contributed by atoms with Crippen LogP contribution in [0.1, 0.15) is 0 Å². The summed E-state index contributed by atoms with van der Waals surface area (Å²) in [6, 6.07) is 12.8. The van der Waals surface area contributed by atoms with E-state index in [1.54, 1.807) is 0 Å². The van der Waals surface area contributed by atoms with E-state index in [4.69, 9.17) is 0 Å². The third-order valence-corrected chi connectivity index (χ3v) is 4.50. The Morgan fingerprint density at radius 1 is 0.964 bits per heavy atom. The zero-order valence-corrected chi connectivity index (χ0v) is 15.0. The molecule has 0 spiro atoms. The van der Waals surface area contributed by atoms with E-state index in [0.29, 0.717) is 31.9 Å². The summed E-state index contributed by atoms with van der Waals surface area (Å²) in [6.07, 6.45) is 0. The molecule has 10 nitrogen and oxygen atoms in total. The van der Waals surface area contributed by atoms with Gasteiger partial charge in [0.1, 0.15) is 5.69 Å². The zero-order chi connectivity index (χ0) is 20.1. The van der Waals surface area contributed by atoms with Gasteiger partial charge in [0.25, 0.3) is 11.4 Å². The number of hydrogen-bond donors (Lipinski definition) is 1. The number of nitrogens with zero attached hydrogens (tertiary/aromatic N) is 4. The first-order valence-electron chi connectivity index (χ1n) is 8.69. The minimum absolute atomic E-state index is 0.124. The molecule has 0 bridgehead atoms. The number of para-hydroxylation sites is 1. The van der Waals surface area contributed by atoms with E-state index in [1.165, 1.54) is 12.1 Å². The topological polar surface area (TPSA) is 122 Å². The van der Waals surface area contributed by atoms with Gasteiger partial charge in [0.05, 0.1) is 22.5 Å². The number of rotatable bonds is 6. The first-order chi connectivity index (χ1) is 13.4. The van der Waals surface area contributed by atoms with Crippen molar-refractivity contribution in [2.75, 3.05) is 42.9 Å². The molecular weight excluding hydrogens is 366 g/mol. The number of amides is 1. The van der Waals surface area contributed by atoms with Gasteiger partial charge in [-0.3, -0.25) is 29.9 Å². The van der Waals surface area contributed by atoms with E-state index in [0.717, 1.165) is 11.8 Å². The van der Waals surface area contributed by atoms with E-state index < -0.39 is 9.85 Å². The molecule has 3 rings (SSSR count). The highest BCUT2D eigenvalue weighted by Crippen LogP contribution is 2.32. The van der Waals surface area contributed by atoms with Crippen molar-refractivity contribution in [3.63, 3.8) is 0 Å². The highest BCUT2D eigenvalue weighted by atomic mass is 16.6. The Balaban J connectivity index is 1.60. The molecule has 1 N–H and O–H groups in total. The number of benzene rings is 2. The smallest absolute Gasteiger partial charge is 0.299 e. The van der Waals surface area contributed by atoms with Gasteiger partial charge in [0.15, 0.2) is 0 Å². The number of non-ortho nitro benzene ring substituents is 1. The van der Waals surface area contributed by atoms with Crippen molar-refractivity contribution in [3.8, 4) is 0 Å². The van der Waals surface area contributed by atoms with E-state index >= 15 is 0 Å². The number of nitrogens with one attached hydrogen (secondary N) is 1. The fourth-order valence-electron chi connectivity index (χ4n) is 3.11. The average molecular weight is 385 g/mol. The maximum absolute atomic E-state index is 12.2. The fourth-order valence-corrected chi connectivity index (χ4v) is 3.11. The lowest BCUT2D eigenvalue weighted by atomic mass is 10.2. The molecule has 2 aromatic rings. The average Bonchev–Trinajstić information content (AvgIpc) is 2.68. The lowest BCUT2D eigenvalue weighted by molar-refractivity contribution is -0.393. The van der Waals surface area contributed by atoms with Crippen molar-refractivity contribution in [3.05, 3.63) is 68.8 Å². The highest BCUT2D eigenvalue weighted by Gasteiger charge is 2.26. The number of nitro benzene ring substituents is 2. The summed E-state index contributed by atoms with van der Waals surface area (Å²) < 4.78 is 0. The van der Waals surface area contributed by atoms with Gasteiger partial charge < -0.3 is 10.2 Å². The molecule has 0 aromatic heterocycles. The largest absolute Gasteiger partial charge is 0.363 e. The molecule has 10 heteroatoms. The van der Waals surface area contributed by atoms with Gasteiger partial charge in [-0.25, -0.2) is 0 Å². The molecule has 1 heterocycles. The molecule has 28 heavy (non-hydrogen) atoms. The van der Waals surface area contributed by atoms with Crippen molar-refractivity contribution >= 4 is 28.7 Å². The third kappa shape index (κ3) is 4.60. The summed E-state index contributed by atoms with van der Waals surface area (Å²) in [7, 11) is 0. The number of hydrogen-bond acceptors (Lipinski definition) is 7. The van der Waals surface area contributed by atoms with E-state index in [9.17, 15) is 25.0 Å². The van der Waals surface area contributed by atoms with Gasteiger partial charge in [-0.2, -0.15) is 0 Å². The second-order valence-electron chi connectivity index (χ2n) is 6.36. The molecule has 0 atom stereocenters. The Morgan fingerprint density at radius 3 is 2.25 bits per heavy atom. The van der Waals surface area contributed by atoms with Crippen LogP contribution in [-0.4, -0.2) is 53.4 Å². The number of carbonyl (C=O) groups is 1. The van der Waals surface area contributed by atoms with Gasteiger partial charge >= 0.3 is 0 Å². The number of anilines is 2. The molecule has 1 aliphatic heterocycles. The molecular formula is C18H19N5O5. The second kappa shape index (κ2) is 8.44. The van der Waals surface area contributed by atoms with Crippen LogP contribution in [-0.2, 0) is 4.79 Å². The zero-order valence-electron chi connectivity index (χ0n) is 15.0. The van der Waals surface area contributed by atoms with Crippen molar-refractivity contribution in [2.24, 2.45) is 0 Å². The molecule has 1 fully saturated rings. The van der Waals surface area contributed by atoms with Crippen molar-refractivity contribution in [1.82, 2.24) is 4.90 Å². The van der Waals surface area contributed by atoms with E-state index in [1.807, 2.05) is 40.1 Å². The third-order valence-electron chi connectivity index (χ3n) is 4.50. The molecule has 2 aromatic carbocycles. The standard InChI is InChI=1S/C18H19N5O5/c24-18(19-14-4-2-1-3-5-14)13-20-8-10-21(11-9-20)16-7-6-15(22(25)26)12-17(16)23(27)28/h1-7,12H,8-11,13H2,(H,19,24). The van der Waals surface area contributed by atoms with Crippen molar-refractivity contribution < 1.29 is 14.6 Å². The molecule has 0 saturated carbocycles. The first-order valence-corrected chi connectivity index (χ1v) is 8.69. The highest BCUT2D eigenvalue weighted by molar-refractivity contribution is 5.92. The van der Waals surface area contributed by atoms with Crippen LogP contribution in [0.4, 0.5) is 22.7 Å². The van der Waals surface area contributed by atoms with Crippen LogP contribution < -0.4 is 10.2 Å². The van der Waals surface area contributed by atoms with E-state index in [-0.39, 0.29) is 23.8 Å². The molecule has 1 amide bonds. The van der Waals surface area contributed by atoms with Crippen molar-refractivity contribution in [1.29, 1.82) is 0 Å². The van der Waals surface area contributed by atoms with Crippen LogP contribution in [0.15, 0.2) is 48.5 Å². The summed E-state index contributed by atoms with van der Waals surface area (Å²) in [4.78, 5) is 36.9. The Hall–Kier alpha value is -3.53. The fraction of sp³-hybridized carbons (Fsp3) is 0.278. The minimum Gasteiger partial charge on any atom is -0.363 e. The Kier molecular flexibility index (Phi) is 5.80. The Bertz CT molecular complexity index is 881. The van der Waals surface area contributed by atoms with Crippen molar-refractivity contribution in [2.45, 2.75) is 0 Å². The number of piperazine rings is 1. The molecule has 1 saturated heterocycles. The SMILES string of the molecule is O=C(CN1CCN(c2ccc([N+](=O)[O-])cc2[N+](=O)[O-])CC1)Nc1ccccc1. The van der Waals surface area contributed by atoms with Gasteiger partial charge in [0.2, 0.25) is 5.91 Å². The predicted molar refractivity (Wildman–Crippen MR) is 103 cm³/mol. The van der Waals surface area contributed by atoms with E-state index in [2.05, 4.69) is 5.32 Å². The minimum atomic E-state index is -0.653. The summed E-state index contributed by atoms with van der Waals surface area (Å²) >= 11 is 0. The second-order valence-corrected chi connectivity index (χ2v) is 6.36. The molecule has 0 unspecified atom stereocenters. The molecule has 1 aliphatic rings. The monoisotopic (exact) mass is 385 g/mol. The molecule has 0 aliphatic carbocycles. The quantitative estimate of drug-likeness (QED) is 0.598. The Morgan fingerprint density at radius 2 is 1.64 bits per heavy atom. The maximum Gasteiger partial charge on any atom is 0.299 e. The lowest BCUT2D eigenvalue weighted by Gasteiger charge is -2.35. The summed E-state index contributed by atoms with van der Waals surface area (Å²) in [6.45, 7) is 2.30. The summed E-state index contributed by atoms with van der Waals surface area (Å²) in [5.41, 5.74) is 0.479.